The third-order valence-electron chi connectivity index (χ3n) is 3.19. The molecule has 0 fully saturated rings. The van der Waals surface area contributed by atoms with Crippen LogP contribution in [0.3, 0.4) is 0 Å². The van der Waals surface area contributed by atoms with Gasteiger partial charge in [-0.1, -0.05) is 6.92 Å². The van der Waals surface area contributed by atoms with Crippen molar-refractivity contribution < 1.29 is 14.3 Å². The van der Waals surface area contributed by atoms with E-state index in [9.17, 15) is 9.18 Å². The molecule has 0 bridgehead atoms. The number of halogens is 2. The Kier molecular flexibility index (Phi) is 5.31. The van der Waals surface area contributed by atoms with Gasteiger partial charge in [0.2, 0.25) is 0 Å². The number of amides is 1. The molecule has 4 N–H and O–H groups in total. The van der Waals surface area contributed by atoms with E-state index in [4.69, 9.17) is 10.8 Å². The fraction of sp³-hybridized carbons (Fsp3) is 0.462. The minimum absolute atomic E-state index is 0.0165. The van der Waals surface area contributed by atoms with Gasteiger partial charge in [0.15, 0.2) is 0 Å². The van der Waals surface area contributed by atoms with Crippen LogP contribution in [0, 0.1) is 5.82 Å². The van der Waals surface area contributed by atoms with Crippen molar-refractivity contribution >= 4 is 27.5 Å². The Balaban J connectivity index is 2.98. The van der Waals surface area contributed by atoms with Gasteiger partial charge in [0.1, 0.15) is 5.82 Å². The van der Waals surface area contributed by atoms with Crippen LogP contribution in [-0.4, -0.2) is 23.2 Å². The van der Waals surface area contributed by atoms with E-state index >= 15 is 0 Å². The summed E-state index contributed by atoms with van der Waals surface area (Å²) in [5, 5.41) is 11.9. The summed E-state index contributed by atoms with van der Waals surface area (Å²) in [6, 6.07) is 2.46. The van der Waals surface area contributed by atoms with Gasteiger partial charge in [-0.2, -0.15) is 0 Å². The summed E-state index contributed by atoms with van der Waals surface area (Å²) in [4.78, 5) is 12.2. The Bertz CT molecular complexity index is 482. The van der Waals surface area contributed by atoms with Gasteiger partial charge >= 0.3 is 0 Å². The summed E-state index contributed by atoms with van der Waals surface area (Å²) in [6.07, 6.45) is 1.12. The molecule has 19 heavy (non-hydrogen) atoms. The fourth-order valence-corrected chi connectivity index (χ4v) is 2.15. The first kappa shape index (κ1) is 15.9. The summed E-state index contributed by atoms with van der Waals surface area (Å²) >= 11 is 3.14. The van der Waals surface area contributed by atoms with E-state index in [1.807, 2.05) is 13.8 Å². The van der Waals surface area contributed by atoms with Crippen molar-refractivity contribution in [1.29, 1.82) is 0 Å². The average Bonchev–Trinajstić information content (AvgIpc) is 2.33. The Hall–Kier alpha value is -1.14. The number of hydrogen-bond donors (Lipinski definition) is 3. The van der Waals surface area contributed by atoms with Gasteiger partial charge in [0, 0.05) is 16.6 Å². The number of rotatable bonds is 5. The van der Waals surface area contributed by atoms with Crippen molar-refractivity contribution in [2.75, 3.05) is 12.3 Å². The molecule has 4 nitrogen and oxygen atoms in total. The van der Waals surface area contributed by atoms with Gasteiger partial charge in [-0.25, -0.2) is 4.39 Å². The molecular weight excluding hydrogens is 315 g/mol. The van der Waals surface area contributed by atoms with Crippen LogP contribution in [0.15, 0.2) is 16.6 Å². The second kappa shape index (κ2) is 6.34. The Morgan fingerprint density at radius 3 is 2.74 bits per heavy atom. The van der Waals surface area contributed by atoms with Crippen molar-refractivity contribution in [1.82, 2.24) is 5.32 Å². The molecule has 1 atom stereocenters. The number of carbonyl (C=O) groups is 1. The van der Waals surface area contributed by atoms with E-state index in [1.54, 1.807) is 0 Å². The van der Waals surface area contributed by atoms with Gasteiger partial charge in [-0.15, -0.1) is 0 Å². The van der Waals surface area contributed by atoms with Crippen molar-refractivity contribution in [3.8, 4) is 0 Å². The van der Waals surface area contributed by atoms with Crippen molar-refractivity contribution in [3.63, 3.8) is 0 Å². The molecule has 0 radical (unpaired) electrons. The standard InChI is InChI=1S/C13H18BrFN2O2/c1-3-13(2,4-5-18)17-12(19)8-6-11(16)10(15)7-9(8)14/h6-7,18H,3-5,16H2,1-2H3,(H,17,19). The van der Waals surface area contributed by atoms with Crippen LogP contribution in [0.1, 0.15) is 37.0 Å². The summed E-state index contributed by atoms with van der Waals surface area (Å²) in [6.45, 7) is 3.75. The number of carbonyl (C=O) groups excluding carboxylic acids is 1. The zero-order valence-corrected chi connectivity index (χ0v) is 12.6. The summed E-state index contributed by atoms with van der Waals surface area (Å²) < 4.78 is 13.6. The van der Waals surface area contributed by atoms with Crippen LogP contribution in [0.2, 0.25) is 0 Å². The summed E-state index contributed by atoms with van der Waals surface area (Å²) in [5.41, 5.74) is 5.16. The Morgan fingerprint density at radius 1 is 1.58 bits per heavy atom. The number of nitrogen functional groups attached to an aromatic ring is 1. The number of aliphatic hydroxyl groups excluding tert-OH is 1. The molecule has 0 aliphatic carbocycles. The normalized spacial score (nSPS) is 13.9. The number of aliphatic hydroxyl groups is 1. The molecule has 0 aromatic heterocycles. The molecule has 0 saturated heterocycles. The lowest BCUT2D eigenvalue weighted by Gasteiger charge is -2.29. The molecule has 1 aromatic rings. The molecular formula is C13H18BrFN2O2. The largest absolute Gasteiger partial charge is 0.396 e. The number of nitrogens with two attached hydrogens (primary N) is 1. The maximum Gasteiger partial charge on any atom is 0.252 e. The molecule has 0 saturated carbocycles. The zero-order valence-electron chi connectivity index (χ0n) is 11.0. The second-order valence-corrected chi connectivity index (χ2v) is 5.55. The smallest absolute Gasteiger partial charge is 0.252 e. The molecule has 1 unspecified atom stereocenters. The van der Waals surface area contributed by atoms with Crippen LogP contribution >= 0.6 is 15.9 Å². The summed E-state index contributed by atoms with van der Waals surface area (Å²) in [5.74, 6) is -0.923. The highest BCUT2D eigenvalue weighted by Gasteiger charge is 2.25. The van der Waals surface area contributed by atoms with Crippen LogP contribution in [0.5, 0.6) is 0 Å². The number of benzene rings is 1. The number of nitrogens with one attached hydrogen (secondary N) is 1. The predicted octanol–water partition coefficient (Wildman–Crippen LogP) is 2.45. The molecule has 0 heterocycles. The van der Waals surface area contributed by atoms with Crippen molar-refractivity contribution in [2.24, 2.45) is 0 Å². The van der Waals surface area contributed by atoms with E-state index in [1.165, 1.54) is 12.1 Å². The maximum absolute atomic E-state index is 13.2. The van der Waals surface area contributed by atoms with Crippen LogP contribution in [0.25, 0.3) is 0 Å². The molecule has 1 aromatic carbocycles. The molecule has 0 aliphatic heterocycles. The average molecular weight is 333 g/mol. The monoisotopic (exact) mass is 332 g/mol. The third kappa shape index (κ3) is 3.91. The van der Waals surface area contributed by atoms with E-state index in [0.29, 0.717) is 17.3 Å². The first-order valence-corrected chi connectivity index (χ1v) is 6.80. The molecule has 6 heteroatoms. The Labute approximate surface area is 120 Å². The summed E-state index contributed by atoms with van der Waals surface area (Å²) in [7, 11) is 0. The molecule has 106 valence electrons. The second-order valence-electron chi connectivity index (χ2n) is 4.70. The Morgan fingerprint density at radius 2 is 2.21 bits per heavy atom. The van der Waals surface area contributed by atoms with Gasteiger partial charge < -0.3 is 16.2 Å². The number of anilines is 1. The quantitative estimate of drug-likeness (QED) is 0.725. The van der Waals surface area contributed by atoms with Gasteiger partial charge in [-0.05, 0) is 47.8 Å². The number of hydrogen-bond acceptors (Lipinski definition) is 3. The lowest BCUT2D eigenvalue weighted by molar-refractivity contribution is 0.0885. The lowest BCUT2D eigenvalue weighted by atomic mass is 9.94. The lowest BCUT2D eigenvalue weighted by Crippen LogP contribution is -2.46. The van der Waals surface area contributed by atoms with Gasteiger partial charge in [0.25, 0.3) is 5.91 Å². The molecule has 0 spiro atoms. The molecule has 0 aliphatic rings. The van der Waals surface area contributed by atoms with Crippen LogP contribution in [-0.2, 0) is 0 Å². The van der Waals surface area contributed by atoms with Crippen LogP contribution < -0.4 is 11.1 Å². The molecule has 1 amide bonds. The van der Waals surface area contributed by atoms with E-state index in [2.05, 4.69) is 21.2 Å². The first-order chi connectivity index (χ1) is 8.83. The SMILES string of the molecule is CCC(C)(CCO)NC(=O)c1cc(N)c(F)cc1Br. The van der Waals surface area contributed by atoms with Gasteiger partial charge in [-0.3, -0.25) is 4.79 Å². The van der Waals surface area contributed by atoms with Crippen molar-refractivity contribution in [3.05, 3.63) is 28.0 Å². The predicted molar refractivity (Wildman–Crippen MR) is 76.4 cm³/mol. The van der Waals surface area contributed by atoms with Crippen LogP contribution in [0.4, 0.5) is 10.1 Å². The topological polar surface area (TPSA) is 75.3 Å². The highest BCUT2D eigenvalue weighted by molar-refractivity contribution is 9.10. The molecule has 1 rings (SSSR count). The fourth-order valence-electron chi connectivity index (χ4n) is 1.66. The first-order valence-electron chi connectivity index (χ1n) is 6.01. The highest BCUT2D eigenvalue weighted by Crippen LogP contribution is 2.24. The van der Waals surface area contributed by atoms with Gasteiger partial charge in [0.05, 0.1) is 11.3 Å². The maximum atomic E-state index is 13.2. The minimum atomic E-state index is -0.572. The van der Waals surface area contributed by atoms with E-state index < -0.39 is 11.4 Å². The van der Waals surface area contributed by atoms with Crippen molar-refractivity contribution in [2.45, 2.75) is 32.2 Å². The minimum Gasteiger partial charge on any atom is -0.396 e. The highest BCUT2D eigenvalue weighted by atomic mass is 79.9. The zero-order chi connectivity index (χ0) is 14.6. The van der Waals surface area contributed by atoms with E-state index in [-0.39, 0.29) is 23.8 Å². The van der Waals surface area contributed by atoms with E-state index in [0.717, 1.165) is 0 Å². The third-order valence-corrected chi connectivity index (χ3v) is 3.85.